The fourth-order valence-electron chi connectivity index (χ4n) is 4.47. The number of nitrogens with one attached hydrogen (secondary N) is 1. The number of benzene rings is 2. The average molecular weight is 471 g/mol. The van der Waals surface area contributed by atoms with Gasteiger partial charge in [0, 0.05) is 42.4 Å². The molecule has 174 valence electrons. The van der Waals surface area contributed by atoms with E-state index in [9.17, 15) is 14.0 Å². The third-order valence-electron chi connectivity index (χ3n) is 6.15. The van der Waals surface area contributed by atoms with Gasteiger partial charge in [-0.1, -0.05) is 41.9 Å². The van der Waals surface area contributed by atoms with Crippen molar-refractivity contribution in [2.75, 3.05) is 26.3 Å². The van der Waals surface area contributed by atoms with Crippen LogP contribution in [-0.2, 0) is 17.8 Å². The van der Waals surface area contributed by atoms with E-state index >= 15 is 0 Å². The van der Waals surface area contributed by atoms with Gasteiger partial charge in [0.15, 0.2) is 0 Å². The Balaban J connectivity index is 1.55. The summed E-state index contributed by atoms with van der Waals surface area (Å²) in [6, 6.07) is 15.4. The van der Waals surface area contributed by atoms with Crippen LogP contribution in [0.3, 0.4) is 0 Å². The standard InChI is InChI=1S/C25H28ClFN4O2/c26-19-9-7-18(8-10-19)16-23-21-5-1-2-6-22(21)25(33)31(29-23)17-20-4-3-14-30(20)15-11-24(32)28-13-12-27/h1-2,5-10,20H,3-4,11-17H2,(H,28,32). The van der Waals surface area contributed by atoms with Crippen molar-refractivity contribution >= 4 is 28.3 Å². The molecule has 0 bridgehead atoms. The summed E-state index contributed by atoms with van der Waals surface area (Å²) in [6.45, 7) is 1.43. The SMILES string of the molecule is O=C(CCN1CCCC1Cn1nc(Cc2ccc(Cl)cc2)c2ccccc2c1=O)NCCF. The smallest absolute Gasteiger partial charge is 0.274 e. The number of hydrogen-bond donors (Lipinski definition) is 1. The fourth-order valence-corrected chi connectivity index (χ4v) is 4.60. The van der Waals surface area contributed by atoms with Crippen LogP contribution in [0.5, 0.6) is 0 Å². The van der Waals surface area contributed by atoms with Gasteiger partial charge in [-0.2, -0.15) is 5.10 Å². The van der Waals surface area contributed by atoms with Crippen molar-refractivity contribution in [2.24, 2.45) is 0 Å². The molecule has 1 aromatic heterocycles. The van der Waals surface area contributed by atoms with E-state index in [1.807, 2.05) is 48.5 Å². The number of aromatic nitrogens is 2. The van der Waals surface area contributed by atoms with Crippen molar-refractivity contribution in [2.45, 2.75) is 38.3 Å². The molecular formula is C25H28ClFN4O2. The van der Waals surface area contributed by atoms with E-state index in [2.05, 4.69) is 10.2 Å². The monoisotopic (exact) mass is 470 g/mol. The maximum Gasteiger partial charge on any atom is 0.274 e. The largest absolute Gasteiger partial charge is 0.353 e. The van der Waals surface area contributed by atoms with Gasteiger partial charge in [-0.05, 0) is 43.1 Å². The molecule has 3 aromatic rings. The van der Waals surface area contributed by atoms with Gasteiger partial charge in [0.2, 0.25) is 5.91 Å². The molecule has 0 aliphatic carbocycles. The van der Waals surface area contributed by atoms with Crippen molar-refractivity contribution in [3.63, 3.8) is 0 Å². The first kappa shape index (κ1) is 23.4. The second-order valence-corrected chi connectivity index (χ2v) is 8.84. The number of halogens is 2. The molecule has 0 saturated carbocycles. The van der Waals surface area contributed by atoms with Crippen LogP contribution in [0.2, 0.25) is 5.02 Å². The van der Waals surface area contributed by atoms with Gasteiger partial charge in [0.1, 0.15) is 6.67 Å². The first-order valence-corrected chi connectivity index (χ1v) is 11.7. The molecule has 1 N–H and O–H groups in total. The number of fused-ring (bicyclic) bond motifs is 1. The molecular weight excluding hydrogens is 443 g/mol. The van der Waals surface area contributed by atoms with E-state index in [4.69, 9.17) is 16.7 Å². The van der Waals surface area contributed by atoms with Gasteiger partial charge in [0.05, 0.1) is 17.6 Å². The Hall–Kier alpha value is -2.77. The van der Waals surface area contributed by atoms with E-state index in [0.717, 1.165) is 36.0 Å². The van der Waals surface area contributed by atoms with E-state index in [-0.39, 0.29) is 24.1 Å². The number of nitrogens with zero attached hydrogens (tertiary/aromatic N) is 3. The zero-order chi connectivity index (χ0) is 23.2. The lowest BCUT2D eigenvalue weighted by Crippen LogP contribution is -2.39. The summed E-state index contributed by atoms with van der Waals surface area (Å²) in [6.07, 6.45) is 2.87. The Kier molecular flexibility index (Phi) is 7.73. The van der Waals surface area contributed by atoms with E-state index in [0.29, 0.717) is 36.3 Å². The molecule has 6 nitrogen and oxygen atoms in total. The van der Waals surface area contributed by atoms with Crippen LogP contribution in [0.4, 0.5) is 4.39 Å². The molecule has 1 aliphatic heterocycles. The fraction of sp³-hybridized carbons (Fsp3) is 0.400. The molecule has 1 amide bonds. The molecule has 2 aromatic carbocycles. The Morgan fingerprint density at radius 1 is 1.15 bits per heavy atom. The Morgan fingerprint density at radius 3 is 2.67 bits per heavy atom. The summed E-state index contributed by atoms with van der Waals surface area (Å²) in [5.41, 5.74) is 1.82. The Labute approximate surface area is 197 Å². The van der Waals surface area contributed by atoms with Crippen LogP contribution in [-0.4, -0.2) is 52.9 Å². The summed E-state index contributed by atoms with van der Waals surface area (Å²) >= 11 is 6.03. The normalized spacial score (nSPS) is 16.4. The van der Waals surface area contributed by atoms with Crippen LogP contribution in [0.25, 0.3) is 10.8 Å². The first-order valence-electron chi connectivity index (χ1n) is 11.3. The summed E-state index contributed by atoms with van der Waals surface area (Å²) < 4.78 is 13.8. The summed E-state index contributed by atoms with van der Waals surface area (Å²) in [5.74, 6) is -0.149. The highest BCUT2D eigenvalue weighted by atomic mass is 35.5. The Morgan fingerprint density at radius 2 is 1.91 bits per heavy atom. The Bertz CT molecular complexity index is 1170. The third-order valence-corrected chi connectivity index (χ3v) is 6.41. The highest BCUT2D eigenvalue weighted by Crippen LogP contribution is 2.21. The molecule has 1 unspecified atom stereocenters. The lowest BCUT2D eigenvalue weighted by atomic mass is 10.0. The summed E-state index contributed by atoms with van der Waals surface area (Å²) in [5, 5.41) is 9.55. The van der Waals surface area contributed by atoms with Gasteiger partial charge in [-0.25, -0.2) is 9.07 Å². The maximum absolute atomic E-state index is 13.2. The lowest BCUT2D eigenvalue weighted by molar-refractivity contribution is -0.121. The molecule has 2 heterocycles. The number of carbonyl (C=O) groups is 1. The maximum atomic E-state index is 13.2. The van der Waals surface area contributed by atoms with Crippen molar-refractivity contribution in [3.05, 3.63) is 75.2 Å². The molecule has 1 aliphatic rings. The molecule has 8 heteroatoms. The number of amides is 1. The quantitative estimate of drug-likeness (QED) is 0.519. The minimum atomic E-state index is -0.563. The summed E-state index contributed by atoms with van der Waals surface area (Å²) in [4.78, 5) is 27.3. The van der Waals surface area contributed by atoms with Gasteiger partial charge in [0.25, 0.3) is 5.56 Å². The topological polar surface area (TPSA) is 67.2 Å². The van der Waals surface area contributed by atoms with Crippen LogP contribution in [0, 0.1) is 0 Å². The zero-order valence-corrected chi connectivity index (χ0v) is 19.2. The van der Waals surface area contributed by atoms with Crippen molar-refractivity contribution in [1.82, 2.24) is 20.0 Å². The van der Waals surface area contributed by atoms with Crippen molar-refractivity contribution < 1.29 is 9.18 Å². The second kappa shape index (κ2) is 10.9. The molecule has 0 spiro atoms. The molecule has 4 rings (SSSR count). The lowest BCUT2D eigenvalue weighted by Gasteiger charge is -2.24. The molecule has 33 heavy (non-hydrogen) atoms. The van der Waals surface area contributed by atoms with Crippen LogP contribution < -0.4 is 10.9 Å². The molecule has 1 fully saturated rings. The van der Waals surface area contributed by atoms with Crippen molar-refractivity contribution in [3.8, 4) is 0 Å². The highest BCUT2D eigenvalue weighted by molar-refractivity contribution is 6.30. The highest BCUT2D eigenvalue weighted by Gasteiger charge is 2.26. The molecule has 1 atom stereocenters. The number of alkyl halides is 1. The van der Waals surface area contributed by atoms with Gasteiger partial charge in [-0.3, -0.25) is 14.5 Å². The molecule has 1 saturated heterocycles. The van der Waals surface area contributed by atoms with Gasteiger partial charge >= 0.3 is 0 Å². The molecule has 0 radical (unpaired) electrons. The zero-order valence-electron chi connectivity index (χ0n) is 18.5. The van der Waals surface area contributed by atoms with Crippen LogP contribution in [0.1, 0.15) is 30.5 Å². The van der Waals surface area contributed by atoms with E-state index in [1.54, 1.807) is 4.68 Å². The van der Waals surface area contributed by atoms with E-state index in [1.165, 1.54) is 0 Å². The second-order valence-electron chi connectivity index (χ2n) is 8.40. The van der Waals surface area contributed by atoms with Crippen LogP contribution >= 0.6 is 11.6 Å². The minimum absolute atomic E-state index is 0.0507. The average Bonchev–Trinajstić information content (AvgIpc) is 3.27. The minimum Gasteiger partial charge on any atom is -0.353 e. The number of likely N-dealkylation sites (tertiary alicyclic amines) is 1. The number of hydrogen-bond acceptors (Lipinski definition) is 4. The first-order chi connectivity index (χ1) is 16.0. The predicted molar refractivity (Wildman–Crippen MR) is 128 cm³/mol. The predicted octanol–water partition coefficient (Wildman–Crippen LogP) is 3.58. The number of rotatable bonds is 9. The van der Waals surface area contributed by atoms with E-state index < -0.39 is 6.67 Å². The number of carbonyl (C=O) groups excluding carboxylic acids is 1. The third kappa shape index (κ3) is 5.78. The van der Waals surface area contributed by atoms with Gasteiger partial charge in [-0.15, -0.1) is 0 Å². The summed E-state index contributed by atoms with van der Waals surface area (Å²) in [7, 11) is 0. The van der Waals surface area contributed by atoms with Gasteiger partial charge < -0.3 is 5.32 Å². The van der Waals surface area contributed by atoms with Crippen LogP contribution in [0.15, 0.2) is 53.3 Å². The van der Waals surface area contributed by atoms with Crippen molar-refractivity contribution in [1.29, 1.82) is 0 Å².